The van der Waals surface area contributed by atoms with Crippen LogP contribution in [0.25, 0.3) is 0 Å². The summed E-state index contributed by atoms with van der Waals surface area (Å²) in [5.74, 6) is 1.78. The van der Waals surface area contributed by atoms with Gasteiger partial charge >= 0.3 is 0 Å². The summed E-state index contributed by atoms with van der Waals surface area (Å²) in [6, 6.07) is 13.9. The highest BCUT2D eigenvalue weighted by molar-refractivity contribution is 7.99. The SMILES string of the molecule is CCc1ccccc1NC(=O)CSc1nnc(COc2ccc(Cl)c(C)c2)n1C1CCCCC1. The van der Waals surface area contributed by atoms with Crippen LogP contribution in [0.5, 0.6) is 5.75 Å². The molecular weight excluding hydrogens is 468 g/mol. The number of ether oxygens (including phenoxy) is 1. The molecule has 1 heterocycles. The van der Waals surface area contributed by atoms with Gasteiger partial charge in [0.15, 0.2) is 11.0 Å². The van der Waals surface area contributed by atoms with Gasteiger partial charge < -0.3 is 10.1 Å². The van der Waals surface area contributed by atoms with Gasteiger partial charge in [0.1, 0.15) is 12.4 Å². The third-order valence-corrected chi connectivity index (χ3v) is 7.54. The van der Waals surface area contributed by atoms with E-state index in [-0.39, 0.29) is 11.7 Å². The van der Waals surface area contributed by atoms with Gasteiger partial charge in [-0.15, -0.1) is 10.2 Å². The Kier molecular flexibility index (Phi) is 8.51. The third-order valence-electron chi connectivity index (χ3n) is 6.18. The number of rotatable bonds is 9. The van der Waals surface area contributed by atoms with Crippen LogP contribution in [0.2, 0.25) is 5.02 Å². The summed E-state index contributed by atoms with van der Waals surface area (Å²) in [5.41, 5.74) is 2.97. The van der Waals surface area contributed by atoms with Crippen LogP contribution in [-0.4, -0.2) is 26.4 Å². The Morgan fingerprint density at radius 1 is 1.18 bits per heavy atom. The first kappa shape index (κ1) is 24.6. The van der Waals surface area contributed by atoms with Crippen molar-refractivity contribution in [2.75, 3.05) is 11.1 Å². The Bertz CT molecular complexity index is 1130. The topological polar surface area (TPSA) is 69.0 Å². The van der Waals surface area contributed by atoms with Crippen LogP contribution < -0.4 is 10.1 Å². The molecule has 0 unspecified atom stereocenters. The molecule has 0 atom stereocenters. The molecule has 1 amide bonds. The van der Waals surface area contributed by atoms with Gasteiger partial charge in [-0.3, -0.25) is 9.36 Å². The van der Waals surface area contributed by atoms with E-state index in [0.717, 1.165) is 57.8 Å². The van der Waals surface area contributed by atoms with Crippen LogP contribution >= 0.6 is 23.4 Å². The zero-order valence-electron chi connectivity index (χ0n) is 19.7. The quantitative estimate of drug-likeness (QED) is 0.336. The van der Waals surface area contributed by atoms with Gasteiger partial charge in [0.25, 0.3) is 0 Å². The lowest BCUT2D eigenvalue weighted by atomic mass is 9.95. The smallest absolute Gasteiger partial charge is 0.234 e. The molecule has 4 rings (SSSR count). The summed E-state index contributed by atoms with van der Waals surface area (Å²) in [6.45, 7) is 4.36. The fourth-order valence-corrected chi connectivity index (χ4v) is 5.27. The number of carbonyl (C=O) groups is 1. The molecular formula is C26H31ClN4O2S. The molecule has 1 aliphatic rings. The maximum Gasteiger partial charge on any atom is 0.234 e. The van der Waals surface area contributed by atoms with E-state index in [4.69, 9.17) is 16.3 Å². The minimum atomic E-state index is -0.0430. The lowest BCUT2D eigenvalue weighted by molar-refractivity contribution is -0.113. The number of thioether (sulfide) groups is 1. The second kappa shape index (κ2) is 11.8. The number of para-hydroxylation sites is 1. The Balaban J connectivity index is 1.46. The third kappa shape index (κ3) is 6.13. The van der Waals surface area contributed by atoms with E-state index in [1.54, 1.807) is 0 Å². The Labute approximate surface area is 210 Å². The minimum Gasteiger partial charge on any atom is -0.486 e. The van der Waals surface area contributed by atoms with Gasteiger partial charge in [0.05, 0.1) is 5.75 Å². The van der Waals surface area contributed by atoms with Crippen LogP contribution in [0, 0.1) is 6.92 Å². The zero-order chi connectivity index (χ0) is 23.9. The Hall–Kier alpha value is -2.51. The van der Waals surface area contributed by atoms with E-state index in [1.165, 1.54) is 31.0 Å². The molecule has 1 saturated carbocycles. The fourth-order valence-electron chi connectivity index (χ4n) is 4.33. The number of nitrogens with one attached hydrogen (secondary N) is 1. The van der Waals surface area contributed by atoms with Crippen molar-refractivity contribution in [1.29, 1.82) is 0 Å². The minimum absolute atomic E-state index is 0.0430. The lowest BCUT2D eigenvalue weighted by Crippen LogP contribution is -2.19. The molecule has 1 aliphatic carbocycles. The van der Waals surface area contributed by atoms with Crippen LogP contribution in [0.4, 0.5) is 5.69 Å². The van der Waals surface area contributed by atoms with Crippen LogP contribution in [0.1, 0.15) is 62.0 Å². The number of aryl methyl sites for hydroxylation is 2. The van der Waals surface area contributed by atoms with E-state index < -0.39 is 0 Å². The first-order valence-electron chi connectivity index (χ1n) is 11.9. The average Bonchev–Trinajstić information content (AvgIpc) is 3.27. The highest BCUT2D eigenvalue weighted by atomic mass is 35.5. The van der Waals surface area contributed by atoms with Gasteiger partial charge in [0.2, 0.25) is 5.91 Å². The number of aromatic nitrogens is 3. The Morgan fingerprint density at radius 2 is 1.97 bits per heavy atom. The highest BCUT2D eigenvalue weighted by Crippen LogP contribution is 2.33. The molecule has 0 bridgehead atoms. The number of halogens is 1. The highest BCUT2D eigenvalue weighted by Gasteiger charge is 2.24. The van der Waals surface area contributed by atoms with Crippen molar-refractivity contribution in [3.05, 3.63) is 64.4 Å². The Morgan fingerprint density at radius 3 is 2.74 bits per heavy atom. The maximum atomic E-state index is 12.7. The van der Waals surface area contributed by atoms with Gasteiger partial charge in [-0.05, 0) is 61.6 Å². The van der Waals surface area contributed by atoms with Gasteiger partial charge in [0, 0.05) is 16.8 Å². The fraction of sp³-hybridized carbons (Fsp3) is 0.423. The summed E-state index contributed by atoms with van der Waals surface area (Å²) in [6.07, 6.45) is 6.70. The van der Waals surface area contributed by atoms with Gasteiger partial charge in [-0.1, -0.05) is 67.7 Å². The van der Waals surface area contributed by atoms with Crippen molar-refractivity contribution in [2.45, 2.75) is 70.2 Å². The van der Waals surface area contributed by atoms with E-state index in [2.05, 4.69) is 27.0 Å². The molecule has 34 heavy (non-hydrogen) atoms. The number of carbonyl (C=O) groups excluding carboxylic acids is 1. The summed E-state index contributed by atoms with van der Waals surface area (Å²) < 4.78 is 8.23. The normalized spacial score (nSPS) is 14.2. The van der Waals surface area contributed by atoms with Gasteiger partial charge in [-0.2, -0.15) is 0 Å². The number of nitrogens with zero attached hydrogens (tertiary/aromatic N) is 3. The number of benzene rings is 2. The first-order chi connectivity index (χ1) is 16.5. The lowest BCUT2D eigenvalue weighted by Gasteiger charge is -2.25. The molecule has 180 valence electrons. The van der Waals surface area contributed by atoms with Crippen molar-refractivity contribution in [3.63, 3.8) is 0 Å². The largest absolute Gasteiger partial charge is 0.486 e. The number of hydrogen-bond donors (Lipinski definition) is 1. The standard InChI is InChI=1S/C26H31ClN4O2S/c1-3-19-9-7-8-12-23(19)28-25(32)17-34-26-30-29-24(31(26)20-10-5-4-6-11-20)16-33-21-13-14-22(27)18(2)15-21/h7-9,12-15,20H,3-6,10-11,16-17H2,1-2H3,(H,28,32). The molecule has 0 aliphatic heterocycles. The van der Waals surface area contributed by atoms with Crippen LogP contribution in [0.15, 0.2) is 47.6 Å². The summed E-state index contributed by atoms with van der Waals surface area (Å²) in [4.78, 5) is 12.7. The second-order valence-electron chi connectivity index (χ2n) is 8.61. The molecule has 1 N–H and O–H groups in total. The second-order valence-corrected chi connectivity index (χ2v) is 9.96. The van der Waals surface area contributed by atoms with Crippen molar-refractivity contribution < 1.29 is 9.53 Å². The zero-order valence-corrected chi connectivity index (χ0v) is 21.3. The van der Waals surface area contributed by atoms with Crippen molar-refractivity contribution in [3.8, 4) is 5.75 Å². The summed E-state index contributed by atoms with van der Waals surface area (Å²) >= 11 is 7.57. The molecule has 0 spiro atoms. The molecule has 1 fully saturated rings. The molecule has 0 saturated heterocycles. The summed E-state index contributed by atoms with van der Waals surface area (Å²) in [7, 11) is 0. The van der Waals surface area contributed by atoms with Gasteiger partial charge in [-0.25, -0.2) is 0 Å². The molecule has 3 aromatic rings. The van der Waals surface area contributed by atoms with E-state index in [9.17, 15) is 4.79 Å². The molecule has 8 heteroatoms. The van der Waals surface area contributed by atoms with E-state index in [1.807, 2.05) is 49.4 Å². The monoisotopic (exact) mass is 498 g/mol. The van der Waals surface area contributed by atoms with Crippen LogP contribution in [0.3, 0.4) is 0 Å². The molecule has 6 nitrogen and oxygen atoms in total. The van der Waals surface area contributed by atoms with Crippen molar-refractivity contribution >= 4 is 35.0 Å². The number of hydrogen-bond acceptors (Lipinski definition) is 5. The number of amides is 1. The van der Waals surface area contributed by atoms with Crippen LogP contribution in [-0.2, 0) is 17.8 Å². The van der Waals surface area contributed by atoms with E-state index in [0.29, 0.717) is 12.6 Å². The maximum absolute atomic E-state index is 12.7. The summed E-state index contributed by atoms with van der Waals surface area (Å²) in [5, 5.41) is 13.4. The average molecular weight is 499 g/mol. The molecule has 1 aromatic heterocycles. The van der Waals surface area contributed by atoms with E-state index >= 15 is 0 Å². The molecule has 0 radical (unpaired) electrons. The molecule has 2 aromatic carbocycles. The van der Waals surface area contributed by atoms with Crippen molar-refractivity contribution in [2.24, 2.45) is 0 Å². The predicted octanol–water partition coefficient (Wildman–Crippen LogP) is 6.62. The number of anilines is 1. The predicted molar refractivity (Wildman–Crippen MR) is 138 cm³/mol. The van der Waals surface area contributed by atoms with Crippen molar-refractivity contribution in [1.82, 2.24) is 14.8 Å². The first-order valence-corrected chi connectivity index (χ1v) is 13.2.